The number of carbonyl (C=O) groups excluding carboxylic acids is 2. The number of fused-ring (bicyclic) bond motifs is 1. The van der Waals surface area contributed by atoms with Crippen molar-refractivity contribution in [2.24, 2.45) is 0 Å². The number of hydrogen-bond donors (Lipinski definition) is 2. The van der Waals surface area contributed by atoms with Crippen molar-refractivity contribution < 1.29 is 19.2 Å². The summed E-state index contributed by atoms with van der Waals surface area (Å²) < 4.78 is 4.92. The molecule has 0 aromatic carbocycles. The average Bonchev–Trinajstić information content (AvgIpc) is 2.99. The van der Waals surface area contributed by atoms with Gasteiger partial charge in [-0.1, -0.05) is 0 Å². The molecule has 0 spiro atoms. The van der Waals surface area contributed by atoms with Gasteiger partial charge in [-0.15, -0.1) is 11.3 Å². The fraction of sp³-hybridized carbons (Fsp3) is 0.647. The average molecular weight is 337 g/mol. The maximum atomic E-state index is 12.4. The molecule has 2 N–H and O–H groups in total. The van der Waals surface area contributed by atoms with Crippen molar-refractivity contribution in [2.75, 3.05) is 32.1 Å². The molecule has 23 heavy (non-hydrogen) atoms. The highest BCUT2D eigenvalue weighted by molar-refractivity contribution is 7.17. The summed E-state index contributed by atoms with van der Waals surface area (Å²) in [6.45, 7) is 2.62. The van der Waals surface area contributed by atoms with Gasteiger partial charge >= 0.3 is 5.97 Å². The summed E-state index contributed by atoms with van der Waals surface area (Å²) in [5.74, 6) is -0.325. The van der Waals surface area contributed by atoms with Gasteiger partial charge in [-0.3, -0.25) is 4.79 Å². The lowest BCUT2D eigenvalue weighted by Crippen LogP contribution is -3.12. The lowest BCUT2D eigenvalue weighted by atomic mass is 10.1. The maximum absolute atomic E-state index is 12.4. The zero-order valence-electron chi connectivity index (χ0n) is 13.7. The highest BCUT2D eigenvalue weighted by Gasteiger charge is 2.28. The number of aryl methyl sites for hydroxylation is 1. The number of esters is 1. The van der Waals surface area contributed by atoms with Crippen molar-refractivity contribution in [1.82, 2.24) is 0 Å². The van der Waals surface area contributed by atoms with Gasteiger partial charge in [0.2, 0.25) is 0 Å². The highest BCUT2D eigenvalue weighted by atomic mass is 32.1. The van der Waals surface area contributed by atoms with Gasteiger partial charge in [0.25, 0.3) is 5.91 Å². The number of thiophene rings is 1. The molecule has 1 aromatic heterocycles. The van der Waals surface area contributed by atoms with Gasteiger partial charge < -0.3 is 15.0 Å². The zero-order valence-corrected chi connectivity index (χ0v) is 14.5. The van der Waals surface area contributed by atoms with Crippen LogP contribution >= 0.6 is 11.3 Å². The van der Waals surface area contributed by atoms with Crippen LogP contribution in [0.15, 0.2) is 0 Å². The van der Waals surface area contributed by atoms with Gasteiger partial charge in [-0.25, -0.2) is 4.79 Å². The van der Waals surface area contributed by atoms with Crippen LogP contribution in [0.5, 0.6) is 0 Å². The monoisotopic (exact) mass is 337 g/mol. The second-order valence-electron chi connectivity index (χ2n) is 6.44. The molecule has 5 nitrogen and oxygen atoms in total. The summed E-state index contributed by atoms with van der Waals surface area (Å²) in [5.41, 5.74) is 1.67. The van der Waals surface area contributed by atoms with Crippen molar-refractivity contribution in [3.05, 3.63) is 16.0 Å². The van der Waals surface area contributed by atoms with Gasteiger partial charge in [0.05, 0.1) is 25.8 Å². The topological polar surface area (TPSA) is 59.8 Å². The molecule has 2 heterocycles. The molecule has 1 fully saturated rings. The molecule has 1 aliphatic heterocycles. The third-order valence-electron chi connectivity index (χ3n) is 4.78. The first kappa shape index (κ1) is 16.5. The van der Waals surface area contributed by atoms with Crippen LogP contribution in [0.1, 0.15) is 52.9 Å². The van der Waals surface area contributed by atoms with Gasteiger partial charge in [0, 0.05) is 4.88 Å². The summed E-state index contributed by atoms with van der Waals surface area (Å²) in [7, 11) is 1.40. The van der Waals surface area contributed by atoms with E-state index in [2.05, 4.69) is 5.32 Å². The molecule has 6 heteroatoms. The SMILES string of the molecule is COC(=O)c1c(NC(=O)C[NH+]2CCCCCC2)sc2c1CCC2. The van der Waals surface area contributed by atoms with Crippen molar-refractivity contribution in [2.45, 2.75) is 44.9 Å². The third kappa shape index (κ3) is 3.75. The molecular formula is C17H25N2O3S+. The molecule has 2 aliphatic rings. The van der Waals surface area contributed by atoms with Gasteiger partial charge in [-0.05, 0) is 50.5 Å². The Morgan fingerprint density at radius 2 is 1.87 bits per heavy atom. The Morgan fingerprint density at radius 3 is 2.57 bits per heavy atom. The molecule has 0 bridgehead atoms. The Kier molecular flexibility index (Phi) is 5.33. The summed E-state index contributed by atoms with van der Waals surface area (Å²) in [4.78, 5) is 27.1. The maximum Gasteiger partial charge on any atom is 0.341 e. The number of likely N-dealkylation sites (tertiary alicyclic amines) is 1. The fourth-order valence-electron chi connectivity index (χ4n) is 3.61. The van der Waals surface area contributed by atoms with E-state index in [-0.39, 0.29) is 11.9 Å². The first-order valence-corrected chi connectivity index (χ1v) is 9.37. The quantitative estimate of drug-likeness (QED) is 0.817. The smallest absolute Gasteiger partial charge is 0.341 e. The first-order valence-electron chi connectivity index (χ1n) is 8.55. The first-order chi connectivity index (χ1) is 11.2. The number of carbonyl (C=O) groups is 2. The lowest BCUT2D eigenvalue weighted by Gasteiger charge is -2.16. The number of methoxy groups -OCH3 is 1. The molecule has 0 saturated carbocycles. The number of anilines is 1. The van der Waals surface area contributed by atoms with E-state index in [0.29, 0.717) is 17.1 Å². The van der Waals surface area contributed by atoms with Crippen molar-refractivity contribution in [3.63, 3.8) is 0 Å². The van der Waals surface area contributed by atoms with Crippen LogP contribution in [-0.4, -0.2) is 38.6 Å². The summed E-state index contributed by atoms with van der Waals surface area (Å²) in [6, 6.07) is 0. The number of amides is 1. The minimum atomic E-state index is -0.332. The van der Waals surface area contributed by atoms with E-state index in [4.69, 9.17) is 4.74 Å². The van der Waals surface area contributed by atoms with Crippen LogP contribution in [0.3, 0.4) is 0 Å². The summed E-state index contributed by atoms with van der Waals surface area (Å²) in [6.07, 6.45) is 7.93. The van der Waals surface area contributed by atoms with E-state index in [9.17, 15) is 9.59 Å². The van der Waals surface area contributed by atoms with Crippen LogP contribution in [0.4, 0.5) is 5.00 Å². The number of ether oxygens (including phenoxy) is 1. The van der Waals surface area contributed by atoms with E-state index < -0.39 is 0 Å². The van der Waals surface area contributed by atoms with Crippen LogP contribution in [0, 0.1) is 0 Å². The zero-order chi connectivity index (χ0) is 16.2. The van der Waals surface area contributed by atoms with Crippen molar-refractivity contribution in [3.8, 4) is 0 Å². The van der Waals surface area contributed by atoms with Crippen LogP contribution in [0.2, 0.25) is 0 Å². The third-order valence-corrected chi connectivity index (χ3v) is 5.99. The molecule has 126 valence electrons. The van der Waals surface area contributed by atoms with Gasteiger partial charge in [-0.2, -0.15) is 0 Å². The van der Waals surface area contributed by atoms with Crippen molar-refractivity contribution in [1.29, 1.82) is 0 Å². The van der Waals surface area contributed by atoms with E-state index in [1.54, 1.807) is 11.3 Å². The summed E-state index contributed by atoms with van der Waals surface area (Å²) in [5, 5.41) is 3.66. The minimum absolute atomic E-state index is 0.00646. The molecule has 3 rings (SSSR count). The van der Waals surface area contributed by atoms with E-state index in [1.165, 1.54) is 42.6 Å². The van der Waals surface area contributed by atoms with Crippen LogP contribution < -0.4 is 10.2 Å². The van der Waals surface area contributed by atoms with Crippen molar-refractivity contribution >= 4 is 28.2 Å². The Hall–Kier alpha value is -1.40. The molecule has 1 aromatic rings. The number of nitrogens with one attached hydrogen (secondary N) is 2. The van der Waals surface area contributed by atoms with E-state index in [0.717, 1.165) is 37.9 Å². The predicted molar refractivity (Wildman–Crippen MR) is 90.3 cm³/mol. The number of hydrogen-bond acceptors (Lipinski definition) is 4. The molecule has 1 aliphatic carbocycles. The Labute approximate surface area is 141 Å². The highest BCUT2D eigenvalue weighted by Crippen LogP contribution is 2.39. The van der Waals surface area contributed by atoms with E-state index in [1.807, 2.05) is 0 Å². The molecule has 1 amide bonds. The van der Waals surface area contributed by atoms with E-state index >= 15 is 0 Å². The number of rotatable bonds is 4. The molecule has 1 saturated heterocycles. The fourth-order valence-corrected chi connectivity index (χ4v) is 4.91. The number of quaternary nitrogens is 1. The molecule has 0 radical (unpaired) electrons. The predicted octanol–water partition coefficient (Wildman–Crippen LogP) is 1.42. The standard InChI is InChI=1S/C17H24N2O3S/c1-22-17(21)15-12-7-6-8-13(12)23-16(15)18-14(20)11-19-9-4-2-3-5-10-19/h2-11H2,1H3,(H,18,20)/p+1. The van der Waals surface area contributed by atoms with Gasteiger partial charge in [0.15, 0.2) is 6.54 Å². The lowest BCUT2D eigenvalue weighted by molar-refractivity contribution is -0.890. The molecule has 0 atom stereocenters. The molecular weight excluding hydrogens is 312 g/mol. The summed E-state index contributed by atoms with van der Waals surface area (Å²) >= 11 is 1.54. The normalized spacial score (nSPS) is 18.3. The Bertz CT molecular complexity index is 589. The minimum Gasteiger partial charge on any atom is -0.465 e. The largest absolute Gasteiger partial charge is 0.465 e. The van der Waals surface area contributed by atoms with Crippen LogP contribution in [0.25, 0.3) is 0 Å². The molecule has 0 unspecified atom stereocenters. The van der Waals surface area contributed by atoms with Crippen LogP contribution in [-0.2, 0) is 22.4 Å². The Morgan fingerprint density at radius 1 is 1.13 bits per heavy atom. The Balaban J connectivity index is 1.69. The van der Waals surface area contributed by atoms with Gasteiger partial charge in [0.1, 0.15) is 5.00 Å². The second-order valence-corrected chi connectivity index (χ2v) is 7.55. The second kappa shape index (κ2) is 7.45.